The molecule has 0 spiro atoms. The molecular formula is C10H10FN3. The fourth-order valence-corrected chi connectivity index (χ4v) is 1.35. The molecule has 3 nitrogen and oxygen atoms in total. The van der Waals surface area contributed by atoms with Crippen molar-refractivity contribution in [1.82, 2.24) is 9.55 Å². The highest BCUT2D eigenvalue weighted by molar-refractivity contribution is 5.41. The van der Waals surface area contributed by atoms with Crippen molar-refractivity contribution in [3.63, 3.8) is 0 Å². The first-order valence-electron chi connectivity index (χ1n) is 4.28. The molecule has 0 aliphatic heterocycles. The molecule has 0 aliphatic carbocycles. The predicted molar refractivity (Wildman–Crippen MR) is 51.4 cm³/mol. The summed E-state index contributed by atoms with van der Waals surface area (Å²) in [6, 6.07) is 4.54. The zero-order valence-electron chi connectivity index (χ0n) is 7.52. The Bertz CT molecular complexity index is 423. The van der Waals surface area contributed by atoms with Crippen molar-refractivity contribution in [3.8, 4) is 5.69 Å². The van der Waals surface area contributed by atoms with E-state index in [0.29, 0.717) is 6.54 Å². The molecule has 0 unspecified atom stereocenters. The lowest BCUT2D eigenvalue weighted by atomic mass is 10.1. The predicted octanol–water partition coefficient (Wildman–Crippen LogP) is 1.47. The number of benzene rings is 1. The maximum atomic E-state index is 13.0. The van der Waals surface area contributed by atoms with Crippen LogP contribution in [0.15, 0.2) is 36.9 Å². The van der Waals surface area contributed by atoms with Gasteiger partial charge in [0.05, 0.1) is 12.0 Å². The number of imidazole rings is 1. The van der Waals surface area contributed by atoms with Crippen LogP contribution in [0.1, 0.15) is 5.56 Å². The molecule has 0 saturated carbocycles. The summed E-state index contributed by atoms with van der Waals surface area (Å²) in [4.78, 5) is 3.90. The molecular weight excluding hydrogens is 181 g/mol. The highest BCUT2D eigenvalue weighted by Gasteiger charge is 2.03. The van der Waals surface area contributed by atoms with Crippen LogP contribution in [0.5, 0.6) is 0 Å². The molecule has 2 aromatic rings. The largest absolute Gasteiger partial charge is 0.326 e. The van der Waals surface area contributed by atoms with Gasteiger partial charge in [0, 0.05) is 18.9 Å². The van der Waals surface area contributed by atoms with Gasteiger partial charge in [-0.1, -0.05) is 6.07 Å². The third-order valence-electron chi connectivity index (χ3n) is 2.05. The zero-order valence-corrected chi connectivity index (χ0v) is 7.52. The number of aromatic nitrogens is 2. The third-order valence-corrected chi connectivity index (χ3v) is 2.05. The number of nitrogens with zero attached hydrogens (tertiary/aromatic N) is 2. The fourth-order valence-electron chi connectivity index (χ4n) is 1.35. The van der Waals surface area contributed by atoms with E-state index < -0.39 is 0 Å². The van der Waals surface area contributed by atoms with E-state index in [1.807, 2.05) is 0 Å². The first kappa shape index (κ1) is 8.90. The highest BCUT2D eigenvalue weighted by Crippen LogP contribution is 2.15. The van der Waals surface area contributed by atoms with Gasteiger partial charge in [-0.3, -0.25) is 0 Å². The molecule has 1 aromatic carbocycles. The molecule has 14 heavy (non-hydrogen) atoms. The lowest BCUT2D eigenvalue weighted by molar-refractivity contribution is 0.625. The number of hydrogen-bond donors (Lipinski definition) is 1. The molecule has 0 atom stereocenters. The van der Waals surface area contributed by atoms with Gasteiger partial charge in [-0.15, -0.1) is 0 Å². The Labute approximate surface area is 81.0 Å². The number of nitrogens with two attached hydrogens (primary N) is 1. The Balaban J connectivity index is 2.55. The van der Waals surface area contributed by atoms with Crippen LogP contribution in [0, 0.1) is 5.82 Å². The molecule has 72 valence electrons. The topological polar surface area (TPSA) is 43.8 Å². The molecule has 1 heterocycles. The summed E-state index contributed by atoms with van der Waals surface area (Å²) >= 11 is 0. The summed E-state index contributed by atoms with van der Waals surface area (Å²) in [6.07, 6.45) is 5.02. The van der Waals surface area contributed by atoms with Gasteiger partial charge in [0.1, 0.15) is 5.82 Å². The van der Waals surface area contributed by atoms with Crippen LogP contribution in [0.2, 0.25) is 0 Å². The lowest BCUT2D eigenvalue weighted by Crippen LogP contribution is -2.03. The fraction of sp³-hybridized carbons (Fsp3) is 0.100. The van der Waals surface area contributed by atoms with Crippen LogP contribution in [-0.4, -0.2) is 9.55 Å². The van der Waals surface area contributed by atoms with Gasteiger partial charge in [-0.2, -0.15) is 0 Å². The number of hydrogen-bond acceptors (Lipinski definition) is 2. The van der Waals surface area contributed by atoms with E-state index in [0.717, 1.165) is 11.3 Å². The van der Waals surface area contributed by atoms with Crippen molar-refractivity contribution in [2.75, 3.05) is 0 Å². The van der Waals surface area contributed by atoms with Gasteiger partial charge in [-0.25, -0.2) is 9.37 Å². The van der Waals surface area contributed by atoms with Gasteiger partial charge in [-0.05, 0) is 17.7 Å². The summed E-state index contributed by atoms with van der Waals surface area (Å²) in [7, 11) is 0. The van der Waals surface area contributed by atoms with Crippen LogP contribution in [-0.2, 0) is 6.54 Å². The molecule has 0 saturated heterocycles. The lowest BCUT2D eigenvalue weighted by Gasteiger charge is -2.07. The van der Waals surface area contributed by atoms with E-state index in [2.05, 4.69) is 4.98 Å². The van der Waals surface area contributed by atoms with E-state index in [4.69, 9.17) is 5.73 Å². The quantitative estimate of drug-likeness (QED) is 0.781. The Morgan fingerprint density at radius 3 is 2.93 bits per heavy atom. The van der Waals surface area contributed by atoms with Crippen LogP contribution < -0.4 is 5.73 Å². The summed E-state index contributed by atoms with van der Waals surface area (Å²) < 4.78 is 14.7. The number of halogens is 1. The van der Waals surface area contributed by atoms with Crippen LogP contribution in [0.3, 0.4) is 0 Å². The second-order valence-electron chi connectivity index (χ2n) is 2.95. The average molecular weight is 191 g/mol. The van der Waals surface area contributed by atoms with Crippen molar-refractivity contribution < 1.29 is 4.39 Å². The van der Waals surface area contributed by atoms with E-state index in [1.54, 1.807) is 29.4 Å². The minimum atomic E-state index is -0.272. The number of rotatable bonds is 2. The van der Waals surface area contributed by atoms with Crippen molar-refractivity contribution >= 4 is 0 Å². The molecule has 4 heteroatoms. The Hall–Kier alpha value is -1.68. The normalized spacial score (nSPS) is 10.4. The Morgan fingerprint density at radius 2 is 2.29 bits per heavy atom. The molecule has 0 amide bonds. The van der Waals surface area contributed by atoms with E-state index in [-0.39, 0.29) is 5.82 Å². The van der Waals surface area contributed by atoms with Crippen molar-refractivity contribution in [2.45, 2.75) is 6.54 Å². The standard InChI is InChI=1S/C10H10FN3/c11-9-2-1-8(6-12)10(5-9)14-4-3-13-7-14/h1-5,7H,6,12H2. The van der Waals surface area contributed by atoms with E-state index in [9.17, 15) is 4.39 Å². The zero-order chi connectivity index (χ0) is 9.97. The first-order chi connectivity index (χ1) is 6.81. The van der Waals surface area contributed by atoms with Crippen LogP contribution >= 0.6 is 0 Å². The maximum absolute atomic E-state index is 13.0. The monoisotopic (exact) mass is 191 g/mol. The molecule has 0 fully saturated rings. The summed E-state index contributed by atoms with van der Waals surface area (Å²) in [5.41, 5.74) is 7.18. The first-order valence-corrected chi connectivity index (χ1v) is 4.28. The Kier molecular flexibility index (Phi) is 2.28. The van der Waals surface area contributed by atoms with Crippen molar-refractivity contribution in [3.05, 3.63) is 48.3 Å². The molecule has 1 aromatic heterocycles. The van der Waals surface area contributed by atoms with E-state index >= 15 is 0 Å². The van der Waals surface area contributed by atoms with Gasteiger partial charge >= 0.3 is 0 Å². The maximum Gasteiger partial charge on any atom is 0.125 e. The van der Waals surface area contributed by atoms with Crippen molar-refractivity contribution in [2.24, 2.45) is 5.73 Å². The summed E-state index contributed by atoms with van der Waals surface area (Å²) in [5.74, 6) is -0.272. The molecule has 2 rings (SSSR count). The smallest absolute Gasteiger partial charge is 0.125 e. The van der Waals surface area contributed by atoms with Crippen LogP contribution in [0.4, 0.5) is 4.39 Å². The van der Waals surface area contributed by atoms with Gasteiger partial charge < -0.3 is 10.3 Å². The Morgan fingerprint density at radius 1 is 1.43 bits per heavy atom. The third kappa shape index (κ3) is 1.52. The molecule has 0 radical (unpaired) electrons. The molecule has 0 bridgehead atoms. The van der Waals surface area contributed by atoms with E-state index in [1.165, 1.54) is 12.1 Å². The second kappa shape index (κ2) is 3.59. The van der Waals surface area contributed by atoms with Gasteiger partial charge in [0.2, 0.25) is 0 Å². The van der Waals surface area contributed by atoms with Gasteiger partial charge in [0.25, 0.3) is 0 Å². The summed E-state index contributed by atoms with van der Waals surface area (Å²) in [5, 5.41) is 0. The second-order valence-corrected chi connectivity index (χ2v) is 2.95. The highest BCUT2D eigenvalue weighted by atomic mass is 19.1. The summed E-state index contributed by atoms with van der Waals surface area (Å²) in [6.45, 7) is 0.383. The van der Waals surface area contributed by atoms with Gasteiger partial charge in [0.15, 0.2) is 0 Å². The molecule has 2 N–H and O–H groups in total. The SMILES string of the molecule is NCc1ccc(F)cc1-n1ccnc1. The minimum Gasteiger partial charge on any atom is -0.326 e. The van der Waals surface area contributed by atoms with Crippen molar-refractivity contribution in [1.29, 1.82) is 0 Å². The average Bonchev–Trinajstić information content (AvgIpc) is 2.70. The molecule has 0 aliphatic rings. The minimum absolute atomic E-state index is 0.272. The van der Waals surface area contributed by atoms with Crippen LogP contribution in [0.25, 0.3) is 5.69 Å².